The highest BCUT2D eigenvalue weighted by Crippen LogP contribution is 2.30. The van der Waals surface area contributed by atoms with Crippen LogP contribution in [0.15, 0.2) is 12.3 Å². The molecule has 1 fully saturated rings. The van der Waals surface area contributed by atoms with Crippen molar-refractivity contribution < 1.29 is 9.47 Å². The monoisotopic (exact) mass is 128 g/mol. The lowest BCUT2D eigenvalue weighted by molar-refractivity contribution is -0.0635. The summed E-state index contributed by atoms with van der Waals surface area (Å²) in [6, 6.07) is 0. The molecule has 0 radical (unpaired) electrons. The van der Waals surface area contributed by atoms with E-state index >= 15 is 0 Å². The maximum atomic E-state index is 5.34. The van der Waals surface area contributed by atoms with Crippen LogP contribution in [0.3, 0.4) is 0 Å². The first-order valence-corrected chi connectivity index (χ1v) is 3.06. The first-order chi connectivity index (χ1) is 4.02. The molecule has 1 atom stereocenters. The van der Waals surface area contributed by atoms with Gasteiger partial charge in [0.15, 0.2) is 6.29 Å². The summed E-state index contributed by atoms with van der Waals surface area (Å²) < 4.78 is 10.5. The van der Waals surface area contributed by atoms with Gasteiger partial charge in [-0.3, -0.25) is 0 Å². The Kier molecular flexibility index (Phi) is 1.28. The molecule has 0 bridgehead atoms. The Morgan fingerprint density at radius 1 is 1.56 bits per heavy atom. The fourth-order valence-electron chi connectivity index (χ4n) is 0.847. The molecule has 0 aromatic rings. The molecular weight excluding hydrogens is 116 g/mol. The minimum absolute atomic E-state index is 0.132. The standard InChI is InChI=1S/C7H12O2/c1-5-7(3,4)9-6(2)8-5/h6H,1H2,2-4H3. The molecule has 0 N–H and O–H groups in total. The van der Waals surface area contributed by atoms with Gasteiger partial charge in [0.2, 0.25) is 0 Å². The maximum Gasteiger partial charge on any atom is 0.197 e. The number of rotatable bonds is 0. The van der Waals surface area contributed by atoms with Crippen molar-refractivity contribution in [2.45, 2.75) is 32.7 Å². The third-order valence-electron chi connectivity index (χ3n) is 1.44. The zero-order valence-electron chi connectivity index (χ0n) is 6.10. The van der Waals surface area contributed by atoms with Crippen LogP contribution >= 0.6 is 0 Å². The fraction of sp³-hybridized carbons (Fsp3) is 0.714. The quantitative estimate of drug-likeness (QED) is 0.494. The van der Waals surface area contributed by atoms with Gasteiger partial charge in [-0.1, -0.05) is 6.58 Å². The van der Waals surface area contributed by atoms with Gasteiger partial charge in [-0.05, 0) is 20.8 Å². The highest BCUT2D eigenvalue weighted by molar-refractivity contribution is 5.04. The van der Waals surface area contributed by atoms with Gasteiger partial charge in [0.1, 0.15) is 11.4 Å². The largest absolute Gasteiger partial charge is 0.467 e. The molecule has 52 valence electrons. The first-order valence-electron chi connectivity index (χ1n) is 3.06. The van der Waals surface area contributed by atoms with Gasteiger partial charge < -0.3 is 9.47 Å². The van der Waals surface area contributed by atoms with E-state index in [1.165, 1.54) is 0 Å². The summed E-state index contributed by atoms with van der Waals surface area (Å²) in [5, 5.41) is 0. The molecule has 2 heteroatoms. The molecule has 0 aromatic heterocycles. The average Bonchev–Trinajstić information content (AvgIpc) is 1.79. The van der Waals surface area contributed by atoms with Crippen molar-refractivity contribution >= 4 is 0 Å². The van der Waals surface area contributed by atoms with Crippen LogP contribution < -0.4 is 0 Å². The van der Waals surface area contributed by atoms with Crippen LogP contribution in [0.4, 0.5) is 0 Å². The van der Waals surface area contributed by atoms with Crippen molar-refractivity contribution in [3.8, 4) is 0 Å². The predicted molar refractivity (Wildman–Crippen MR) is 34.9 cm³/mol. The van der Waals surface area contributed by atoms with E-state index in [4.69, 9.17) is 9.47 Å². The van der Waals surface area contributed by atoms with Crippen LogP contribution in [0.25, 0.3) is 0 Å². The van der Waals surface area contributed by atoms with Crippen molar-refractivity contribution in [3.05, 3.63) is 12.3 Å². The molecule has 1 aliphatic heterocycles. The topological polar surface area (TPSA) is 18.5 Å². The van der Waals surface area contributed by atoms with E-state index in [-0.39, 0.29) is 11.9 Å². The summed E-state index contributed by atoms with van der Waals surface area (Å²) in [5.74, 6) is 0.718. The number of hydrogen-bond acceptors (Lipinski definition) is 2. The van der Waals surface area contributed by atoms with Gasteiger partial charge in [0, 0.05) is 0 Å². The van der Waals surface area contributed by atoms with Gasteiger partial charge in [-0.2, -0.15) is 0 Å². The van der Waals surface area contributed by atoms with Crippen molar-refractivity contribution in [3.63, 3.8) is 0 Å². The Morgan fingerprint density at radius 2 is 2.11 bits per heavy atom. The van der Waals surface area contributed by atoms with Crippen molar-refractivity contribution in [2.24, 2.45) is 0 Å². The van der Waals surface area contributed by atoms with Gasteiger partial charge in [-0.25, -0.2) is 0 Å². The molecule has 0 aliphatic carbocycles. The van der Waals surface area contributed by atoms with E-state index in [1.807, 2.05) is 20.8 Å². The van der Waals surface area contributed by atoms with Gasteiger partial charge in [0.25, 0.3) is 0 Å². The van der Waals surface area contributed by atoms with E-state index < -0.39 is 0 Å². The van der Waals surface area contributed by atoms with Gasteiger partial charge in [-0.15, -0.1) is 0 Å². The smallest absolute Gasteiger partial charge is 0.197 e. The highest BCUT2D eigenvalue weighted by Gasteiger charge is 2.34. The Morgan fingerprint density at radius 3 is 2.22 bits per heavy atom. The van der Waals surface area contributed by atoms with Crippen LogP contribution in [0, 0.1) is 0 Å². The number of hydrogen-bond donors (Lipinski definition) is 0. The Bertz CT molecular complexity index is 138. The predicted octanol–water partition coefficient (Wildman–Crippen LogP) is 1.67. The minimum Gasteiger partial charge on any atom is -0.467 e. The highest BCUT2D eigenvalue weighted by atomic mass is 16.7. The van der Waals surface area contributed by atoms with E-state index in [0.29, 0.717) is 0 Å². The molecular formula is C7H12O2. The van der Waals surface area contributed by atoms with E-state index in [2.05, 4.69) is 6.58 Å². The summed E-state index contributed by atoms with van der Waals surface area (Å²) in [6.07, 6.45) is -0.132. The van der Waals surface area contributed by atoms with Crippen molar-refractivity contribution in [2.75, 3.05) is 0 Å². The zero-order valence-corrected chi connectivity index (χ0v) is 6.10. The Hall–Kier alpha value is -0.500. The normalized spacial score (nSPS) is 32.3. The SMILES string of the molecule is C=C1OC(C)OC1(C)C. The molecule has 2 nitrogen and oxygen atoms in total. The molecule has 0 saturated carbocycles. The average molecular weight is 128 g/mol. The van der Waals surface area contributed by atoms with Crippen LogP contribution in [0.2, 0.25) is 0 Å². The molecule has 0 spiro atoms. The van der Waals surface area contributed by atoms with Crippen molar-refractivity contribution in [1.29, 1.82) is 0 Å². The Labute approximate surface area is 55.5 Å². The molecule has 1 saturated heterocycles. The van der Waals surface area contributed by atoms with Crippen LogP contribution in [0.1, 0.15) is 20.8 Å². The van der Waals surface area contributed by atoms with Crippen LogP contribution in [-0.2, 0) is 9.47 Å². The van der Waals surface area contributed by atoms with Gasteiger partial charge >= 0.3 is 0 Å². The molecule has 1 rings (SSSR count). The third kappa shape index (κ3) is 1.08. The fourth-order valence-corrected chi connectivity index (χ4v) is 0.847. The summed E-state index contributed by atoms with van der Waals surface area (Å²) >= 11 is 0. The van der Waals surface area contributed by atoms with E-state index in [9.17, 15) is 0 Å². The molecule has 0 aromatic carbocycles. The molecule has 1 aliphatic rings. The lowest BCUT2D eigenvalue weighted by Gasteiger charge is -2.13. The third-order valence-corrected chi connectivity index (χ3v) is 1.44. The number of ether oxygens (including phenoxy) is 2. The maximum absolute atomic E-state index is 5.34. The lowest BCUT2D eigenvalue weighted by atomic mass is 10.1. The molecule has 1 unspecified atom stereocenters. The first kappa shape index (κ1) is 6.62. The lowest BCUT2D eigenvalue weighted by Crippen LogP contribution is -2.20. The van der Waals surface area contributed by atoms with E-state index in [1.54, 1.807) is 0 Å². The van der Waals surface area contributed by atoms with Crippen molar-refractivity contribution in [1.82, 2.24) is 0 Å². The van der Waals surface area contributed by atoms with Gasteiger partial charge in [0.05, 0.1) is 0 Å². The summed E-state index contributed by atoms with van der Waals surface area (Å²) in [5.41, 5.74) is -0.292. The van der Waals surface area contributed by atoms with Crippen LogP contribution in [-0.4, -0.2) is 11.9 Å². The molecule has 1 heterocycles. The second kappa shape index (κ2) is 1.74. The Balaban J connectivity index is 2.70. The molecule has 0 amide bonds. The van der Waals surface area contributed by atoms with E-state index in [0.717, 1.165) is 5.76 Å². The van der Waals surface area contributed by atoms with Crippen LogP contribution in [0.5, 0.6) is 0 Å². The molecule has 9 heavy (non-hydrogen) atoms. The minimum atomic E-state index is -0.292. The second-order valence-electron chi connectivity index (χ2n) is 2.74. The summed E-state index contributed by atoms with van der Waals surface area (Å²) in [4.78, 5) is 0. The zero-order chi connectivity index (χ0) is 7.07. The second-order valence-corrected chi connectivity index (χ2v) is 2.74. The summed E-state index contributed by atoms with van der Waals surface area (Å²) in [6.45, 7) is 9.46. The summed E-state index contributed by atoms with van der Waals surface area (Å²) in [7, 11) is 0.